The van der Waals surface area contributed by atoms with Crippen LogP contribution in [0.4, 0.5) is 11.5 Å². The van der Waals surface area contributed by atoms with Gasteiger partial charge in [0, 0.05) is 25.3 Å². The van der Waals surface area contributed by atoms with Gasteiger partial charge in [-0.1, -0.05) is 0 Å². The van der Waals surface area contributed by atoms with Crippen molar-refractivity contribution in [1.29, 1.82) is 5.26 Å². The van der Waals surface area contributed by atoms with E-state index >= 15 is 0 Å². The minimum atomic E-state index is 0.113. The zero-order valence-corrected chi connectivity index (χ0v) is 13.6. The molecule has 1 N–H and O–H groups in total. The predicted octanol–water partition coefficient (Wildman–Crippen LogP) is 3.21. The molecule has 0 aliphatic carbocycles. The highest BCUT2D eigenvalue weighted by molar-refractivity contribution is 5.94. The lowest BCUT2D eigenvalue weighted by Gasteiger charge is -2.28. The van der Waals surface area contributed by atoms with Gasteiger partial charge in [-0.15, -0.1) is 0 Å². The molecule has 1 aromatic carbocycles. The average Bonchev–Trinajstić information content (AvgIpc) is 3.30. The van der Waals surface area contributed by atoms with Gasteiger partial charge in [-0.2, -0.15) is 5.26 Å². The zero-order chi connectivity index (χ0) is 16.5. The maximum Gasteiger partial charge on any atom is 0.270 e. The van der Waals surface area contributed by atoms with Crippen LogP contribution in [-0.2, 0) is 6.42 Å². The smallest absolute Gasteiger partial charge is 0.270 e. The number of fused-ring (bicyclic) bond motifs is 1. The standard InChI is InChI=1S/C19H20N4O/c20-13-14-5-7-16(8-6-14)23-11-3-4-15-12-17(21-18(15)23)19(24)22-9-1-2-10-22/h5-8,12,21H,1-4,9-11H2. The Kier molecular flexibility index (Phi) is 3.73. The molecule has 3 heterocycles. The summed E-state index contributed by atoms with van der Waals surface area (Å²) < 4.78 is 0. The Morgan fingerprint density at radius 3 is 2.54 bits per heavy atom. The summed E-state index contributed by atoms with van der Waals surface area (Å²) in [5, 5.41) is 8.95. The molecule has 1 aromatic heterocycles. The van der Waals surface area contributed by atoms with Gasteiger partial charge in [0.05, 0.1) is 11.6 Å². The number of amides is 1. The third kappa shape index (κ3) is 2.54. The molecule has 0 unspecified atom stereocenters. The van der Waals surface area contributed by atoms with Crippen LogP contribution in [0, 0.1) is 11.3 Å². The van der Waals surface area contributed by atoms with Crippen LogP contribution in [-0.4, -0.2) is 35.4 Å². The van der Waals surface area contributed by atoms with Crippen molar-refractivity contribution in [2.24, 2.45) is 0 Å². The number of aromatic amines is 1. The summed E-state index contributed by atoms with van der Waals surface area (Å²) in [7, 11) is 0. The molecule has 24 heavy (non-hydrogen) atoms. The molecule has 5 nitrogen and oxygen atoms in total. The van der Waals surface area contributed by atoms with Crippen molar-refractivity contribution in [2.45, 2.75) is 25.7 Å². The van der Waals surface area contributed by atoms with E-state index in [2.05, 4.69) is 16.0 Å². The first-order valence-corrected chi connectivity index (χ1v) is 8.55. The fourth-order valence-electron chi connectivity index (χ4n) is 3.64. The summed E-state index contributed by atoms with van der Waals surface area (Å²) in [6.45, 7) is 2.64. The number of anilines is 2. The topological polar surface area (TPSA) is 63.1 Å². The van der Waals surface area contributed by atoms with Gasteiger partial charge in [0.1, 0.15) is 11.5 Å². The molecule has 0 bridgehead atoms. The monoisotopic (exact) mass is 320 g/mol. The fraction of sp³-hybridized carbons (Fsp3) is 0.368. The van der Waals surface area contributed by atoms with Gasteiger partial charge in [-0.05, 0) is 61.6 Å². The van der Waals surface area contributed by atoms with Crippen LogP contribution in [0.2, 0.25) is 0 Å². The van der Waals surface area contributed by atoms with Crippen LogP contribution in [0.1, 0.15) is 40.9 Å². The van der Waals surface area contributed by atoms with Crippen molar-refractivity contribution in [3.8, 4) is 6.07 Å². The highest BCUT2D eigenvalue weighted by Crippen LogP contribution is 2.34. The molecule has 0 spiro atoms. The normalized spacial score (nSPS) is 16.8. The zero-order valence-electron chi connectivity index (χ0n) is 13.6. The first kappa shape index (κ1) is 14.8. The van der Waals surface area contributed by atoms with Gasteiger partial charge in [0.15, 0.2) is 0 Å². The molecular weight excluding hydrogens is 300 g/mol. The SMILES string of the molecule is N#Cc1ccc(N2CCCc3cc(C(=O)N4CCCC4)[nH]c32)cc1. The van der Waals surface area contributed by atoms with E-state index in [0.29, 0.717) is 11.3 Å². The van der Waals surface area contributed by atoms with Gasteiger partial charge < -0.3 is 14.8 Å². The van der Waals surface area contributed by atoms with Crippen LogP contribution in [0.3, 0.4) is 0 Å². The van der Waals surface area contributed by atoms with Crippen LogP contribution in [0.25, 0.3) is 0 Å². The van der Waals surface area contributed by atoms with E-state index in [-0.39, 0.29) is 5.91 Å². The average molecular weight is 320 g/mol. The van der Waals surface area contributed by atoms with E-state index in [4.69, 9.17) is 5.26 Å². The summed E-state index contributed by atoms with van der Waals surface area (Å²) in [4.78, 5) is 20.1. The number of aryl methyl sites for hydroxylation is 1. The van der Waals surface area contributed by atoms with Crippen molar-refractivity contribution in [2.75, 3.05) is 24.5 Å². The number of H-pyrrole nitrogens is 1. The molecule has 2 aliphatic heterocycles. The largest absolute Gasteiger partial charge is 0.337 e. The second-order valence-corrected chi connectivity index (χ2v) is 6.47. The molecule has 0 saturated carbocycles. The number of rotatable bonds is 2. The first-order valence-electron chi connectivity index (χ1n) is 8.55. The molecule has 1 amide bonds. The van der Waals surface area contributed by atoms with Crippen LogP contribution < -0.4 is 4.90 Å². The fourth-order valence-corrected chi connectivity index (χ4v) is 3.64. The van der Waals surface area contributed by atoms with Crippen molar-refractivity contribution < 1.29 is 4.79 Å². The van der Waals surface area contributed by atoms with Gasteiger partial charge in [-0.25, -0.2) is 0 Å². The number of carbonyl (C=O) groups excluding carboxylic acids is 1. The third-order valence-corrected chi connectivity index (χ3v) is 4.91. The summed E-state index contributed by atoms with van der Waals surface area (Å²) in [6.07, 6.45) is 4.25. The highest BCUT2D eigenvalue weighted by Gasteiger charge is 2.26. The van der Waals surface area contributed by atoms with Gasteiger partial charge in [-0.3, -0.25) is 4.79 Å². The second-order valence-electron chi connectivity index (χ2n) is 6.47. The highest BCUT2D eigenvalue weighted by atomic mass is 16.2. The van der Waals surface area contributed by atoms with E-state index in [1.54, 1.807) is 0 Å². The summed E-state index contributed by atoms with van der Waals surface area (Å²) in [6, 6.07) is 11.8. The van der Waals surface area contributed by atoms with Gasteiger partial charge in [0.25, 0.3) is 5.91 Å². The molecule has 122 valence electrons. The number of likely N-dealkylation sites (tertiary alicyclic amines) is 1. The molecule has 2 aliphatic rings. The lowest BCUT2D eigenvalue weighted by atomic mass is 10.1. The molecule has 0 radical (unpaired) electrons. The molecule has 5 heteroatoms. The summed E-state index contributed by atoms with van der Waals surface area (Å²) >= 11 is 0. The minimum Gasteiger partial charge on any atom is -0.337 e. The first-order chi connectivity index (χ1) is 11.8. The quantitative estimate of drug-likeness (QED) is 0.924. The Hall–Kier alpha value is -2.74. The van der Waals surface area contributed by atoms with E-state index in [0.717, 1.165) is 56.8 Å². The number of carbonyl (C=O) groups is 1. The van der Waals surface area contributed by atoms with Crippen LogP contribution in [0.15, 0.2) is 30.3 Å². The molecule has 1 saturated heterocycles. The van der Waals surface area contributed by atoms with E-state index in [1.807, 2.05) is 35.2 Å². The number of nitrogens with zero attached hydrogens (tertiary/aromatic N) is 3. The van der Waals surface area contributed by atoms with Crippen molar-refractivity contribution >= 4 is 17.4 Å². The number of nitrogens with one attached hydrogen (secondary N) is 1. The molecule has 1 fully saturated rings. The number of nitriles is 1. The van der Waals surface area contributed by atoms with Gasteiger partial charge in [0.2, 0.25) is 0 Å². The van der Waals surface area contributed by atoms with Crippen molar-refractivity contribution in [1.82, 2.24) is 9.88 Å². The molecule has 2 aromatic rings. The number of hydrogen-bond donors (Lipinski definition) is 1. The predicted molar refractivity (Wildman–Crippen MR) is 92.4 cm³/mol. The molecular formula is C19H20N4O. The third-order valence-electron chi connectivity index (χ3n) is 4.91. The van der Waals surface area contributed by atoms with E-state index < -0.39 is 0 Å². The summed E-state index contributed by atoms with van der Waals surface area (Å²) in [5.41, 5.74) is 3.61. The summed E-state index contributed by atoms with van der Waals surface area (Å²) in [5.74, 6) is 1.13. The molecule has 4 rings (SSSR count). The maximum atomic E-state index is 12.6. The Labute approximate surface area is 141 Å². The molecule has 0 atom stereocenters. The Morgan fingerprint density at radius 2 is 1.83 bits per heavy atom. The second kappa shape index (κ2) is 6.04. The number of benzene rings is 1. The van der Waals surface area contributed by atoms with E-state index in [1.165, 1.54) is 5.56 Å². The minimum absolute atomic E-state index is 0.113. The van der Waals surface area contributed by atoms with E-state index in [9.17, 15) is 4.79 Å². The number of hydrogen-bond acceptors (Lipinski definition) is 3. The van der Waals surface area contributed by atoms with Crippen LogP contribution in [0.5, 0.6) is 0 Å². The maximum absolute atomic E-state index is 12.6. The van der Waals surface area contributed by atoms with Crippen LogP contribution >= 0.6 is 0 Å². The Balaban J connectivity index is 1.64. The van der Waals surface area contributed by atoms with Crippen molar-refractivity contribution in [3.63, 3.8) is 0 Å². The lowest BCUT2D eigenvalue weighted by Crippen LogP contribution is -2.28. The lowest BCUT2D eigenvalue weighted by molar-refractivity contribution is 0.0788. The Morgan fingerprint density at radius 1 is 1.08 bits per heavy atom. The van der Waals surface area contributed by atoms with Crippen molar-refractivity contribution in [3.05, 3.63) is 47.2 Å². The number of aromatic nitrogens is 1. The Bertz CT molecular complexity index is 794. The van der Waals surface area contributed by atoms with Gasteiger partial charge >= 0.3 is 0 Å².